The van der Waals surface area contributed by atoms with Gasteiger partial charge >= 0.3 is 0 Å². The second-order valence-corrected chi connectivity index (χ2v) is 4.37. The molecule has 0 unspecified atom stereocenters. The number of rotatable bonds is 3. The lowest BCUT2D eigenvalue weighted by atomic mass is 10.1. The van der Waals surface area contributed by atoms with E-state index in [0.717, 1.165) is 5.56 Å². The van der Waals surface area contributed by atoms with Crippen LogP contribution < -0.4 is 5.32 Å². The Morgan fingerprint density at radius 3 is 2.13 bits per heavy atom. The number of hydrogen-bond donors (Lipinski definition) is 1. The van der Waals surface area contributed by atoms with Gasteiger partial charge in [-0.25, -0.2) is 0 Å². The molecule has 1 N–H and O–H groups in total. The zero-order chi connectivity index (χ0) is 11.4. The number of carbonyl (C=O) groups excluding carboxylic acids is 1. The molecular weight excluding hydrogens is 186 g/mol. The fraction of sp³-hybridized carbons (Fsp3) is 0.462. The van der Waals surface area contributed by atoms with Crippen LogP contribution >= 0.6 is 0 Å². The molecule has 0 aromatic heterocycles. The average molecular weight is 205 g/mol. The molecule has 1 rings (SSSR count). The largest absolute Gasteiger partial charge is 0.349 e. The topological polar surface area (TPSA) is 29.1 Å². The lowest BCUT2D eigenvalue weighted by Gasteiger charge is -2.17. The van der Waals surface area contributed by atoms with Crippen molar-refractivity contribution in [3.63, 3.8) is 0 Å². The minimum absolute atomic E-state index is 0.0104. The third-order valence-electron chi connectivity index (χ3n) is 2.67. The Kier molecular flexibility index (Phi) is 3.89. The molecule has 0 saturated carbocycles. The van der Waals surface area contributed by atoms with Crippen molar-refractivity contribution < 1.29 is 4.79 Å². The van der Waals surface area contributed by atoms with E-state index in [1.165, 1.54) is 5.56 Å². The predicted molar refractivity (Wildman–Crippen MR) is 62.9 cm³/mol. The Morgan fingerprint density at radius 2 is 1.67 bits per heavy atom. The van der Waals surface area contributed by atoms with Gasteiger partial charge in [0.05, 0.1) is 0 Å². The van der Waals surface area contributed by atoms with Gasteiger partial charge in [-0.15, -0.1) is 0 Å². The maximum absolute atomic E-state index is 11.8. The summed E-state index contributed by atoms with van der Waals surface area (Å²) >= 11 is 0. The van der Waals surface area contributed by atoms with Gasteiger partial charge in [0.2, 0.25) is 0 Å². The van der Waals surface area contributed by atoms with Gasteiger partial charge < -0.3 is 5.32 Å². The maximum Gasteiger partial charge on any atom is 0.251 e. The molecule has 1 atom stereocenters. The summed E-state index contributed by atoms with van der Waals surface area (Å²) in [6, 6.07) is 7.83. The highest BCUT2D eigenvalue weighted by atomic mass is 16.1. The molecule has 2 nitrogen and oxygen atoms in total. The molecule has 0 spiro atoms. The second-order valence-electron chi connectivity index (χ2n) is 4.37. The van der Waals surface area contributed by atoms with Crippen LogP contribution in [-0.2, 0) is 0 Å². The standard InChI is InChI=1S/C13H19NO/c1-9(2)11(4)14-13(15)12-7-5-10(3)6-8-12/h5-9,11H,1-4H3,(H,14,15)/t11-/m1/s1. The van der Waals surface area contributed by atoms with Crippen LogP contribution in [0, 0.1) is 12.8 Å². The molecule has 15 heavy (non-hydrogen) atoms. The minimum atomic E-state index is 0.0104. The normalized spacial score (nSPS) is 12.6. The van der Waals surface area contributed by atoms with E-state index in [2.05, 4.69) is 19.2 Å². The first-order chi connectivity index (χ1) is 7.00. The van der Waals surface area contributed by atoms with Crippen molar-refractivity contribution >= 4 is 5.91 Å². The molecule has 0 aliphatic carbocycles. The highest BCUT2D eigenvalue weighted by Gasteiger charge is 2.11. The molecule has 82 valence electrons. The van der Waals surface area contributed by atoms with Crippen molar-refractivity contribution in [2.24, 2.45) is 5.92 Å². The Bertz CT molecular complexity index is 327. The van der Waals surface area contributed by atoms with Crippen molar-refractivity contribution in [2.75, 3.05) is 0 Å². The predicted octanol–water partition coefficient (Wildman–Crippen LogP) is 2.77. The van der Waals surface area contributed by atoms with Gasteiger partial charge in [-0.3, -0.25) is 4.79 Å². The summed E-state index contributed by atoms with van der Waals surface area (Å²) in [5, 5.41) is 2.98. The van der Waals surface area contributed by atoms with E-state index in [0.29, 0.717) is 5.92 Å². The molecule has 0 saturated heterocycles. The molecule has 0 heterocycles. The zero-order valence-electron chi connectivity index (χ0n) is 9.87. The summed E-state index contributed by atoms with van der Waals surface area (Å²) in [6.07, 6.45) is 0. The van der Waals surface area contributed by atoms with E-state index in [4.69, 9.17) is 0 Å². The summed E-state index contributed by atoms with van der Waals surface area (Å²) in [7, 11) is 0. The highest BCUT2D eigenvalue weighted by molar-refractivity contribution is 5.94. The van der Waals surface area contributed by atoms with Crippen molar-refractivity contribution in [3.8, 4) is 0 Å². The number of amides is 1. The summed E-state index contributed by atoms with van der Waals surface area (Å²) in [5.41, 5.74) is 1.90. The fourth-order valence-corrected chi connectivity index (χ4v) is 1.16. The highest BCUT2D eigenvalue weighted by Crippen LogP contribution is 2.05. The fourth-order valence-electron chi connectivity index (χ4n) is 1.16. The molecule has 0 aliphatic rings. The van der Waals surface area contributed by atoms with Crippen molar-refractivity contribution in [2.45, 2.75) is 33.7 Å². The zero-order valence-corrected chi connectivity index (χ0v) is 9.87. The Morgan fingerprint density at radius 1 is 1.13 bits per heavy atom. The number of benzene rings is 1. The van der Waals surface area contributed by atoms with Gasteiger partial charge in [0.1, 0.15) is 0 Å². The Labute approximate surface area is 91.7 Å². The lowest BCUT2D eigenvalue weighted by molar-refractivity contribution is 0.0930. The van der Waals surface area contributed by atoms with Crippen LogP contribution in [0.15, 0.2) is 24.3 Å². The summed E-state index contributed by atoms with van der Waals surface area (Å²) in [6.45, 7) is 8.23. The van der Waals surface area contributed by atoms with E-state index in [-0.39, 0.29) is 11.9 Å². The maximum atomic E-state index is 11.8. The van der Waals surface area contributed by atoms with Gasteiger partial charge in [0.25, 0.3) is 5.91 Å². The molecular formula is C13H19NO. The molecule has 2 heteroatoms. The van der Waals surface area contributed by atoms with Crippen molar-refractivity contribution in [1.82, 2.24) is 5.32 Å². The van der Waals surface area contributed by atoms with Crippen LogP contribution in [-0.4, -0.2) is 11.9 Å². The summed E-state index contributed by atoms with van der Waals surface area (Å²) in [5.74, 6) is 0.468. The monoisotopic (exact) mass is 205 g/mol. The van der Waals surface area contributed by atoms with Crippen LogP contribution in [0.1, 0.15) is 36.7 Å². The van der Waals surface area contributed by atoms with E-state index >= 15 is 0 Å². The number of aryl methyl sites for hydroxylation is 1. The third kappa shape index (κ3) is 3.39. The van der Waals surface area contributed by atoms with Gasteiger partial charge in [0.15, 0.2) is 0 Å². The van der Waals surface area contributed by atoms with Crippen LogP contribution in [0.25, 0.3) is 0 Å². The number of nitrogens with one attached hydrogen (secondary N) is 1. The Balaban J connectivity index is 2.65. The van der Waals surface area contributed by atoms with Crippen LogP contribution in [0.3, 0.4) is 0 Å². The molecule has 0 aliphatic heterocycles. The first-order valence-electron chi connectivity index (χ1n) is 5.38. The first kappa shape index (κ1) is 11.8. The van der Waals surface area contributed by atoms with Gasteiger partial charge in [-0.05, 0) is 31.9 Å². The molecule has 0 fully saturated rings. The quantitative estimate of drug-likeness (QED) is 0.807. The van der Waals surface area contributed by atoms with Gasteiger partial charge in [-0.2, -0.15) is 0 Å². The molecule has 1 amide bonds. The number of carbonyl (C=O) groups is 1. The van der Waals surface area contributed by atoms with E-state index in [1.807, 2.05) is 38.1 Å². The van der Waals surface area contributed by atoms with Crippen LogP contribution in [0.2, 0.25) is 0 Å². The van der Waals surface area contributed by atoms with Crippen LogP contribution in [0.4, 0.5) is 0 Å². The smallest absolute Gasteiger partial charge is 0.251 e. The van der Waals surface area contributed by atoms with Gasteiger partial charge in [0, 0.05) is 11.6 Å². The molecule has 0 radical (unpaired) electrons. The molecule has 1 aromatic carbocycles. The van der Waals surface area contributed by atoms with E-state index in [9.17, 15) is 4.79 Å². The molecule has 1 aromatic rings. The SMILES string of the molecule is Cc1ccc(C(=O)N[C@H](C)C(C)C)cc1. The summed E-state index contributed by atoms with van der Waals surface area (Å²) in [4.78, 5) is 11.8. The first-order valence-corrected chi connectivity index (χ1v) is 5.38. The van der Waals surface area contributed by atoms with Gasteiger partial charge in [-0.1, -0.05) is 31.5 Å². The second kappa shape index (κ2) is 4.96. The molecule has 0 bridgehead atoms. The van der Waals surface area contributed by atoms with E-state index < -0.39 is 0 Å². The Hall–Kier alpha value is -1.31. The van der Waals surface area contributed by atoms with E-state index in [1.54, 1.807) is 0 Å². The van der Waals surface area contributed by atoms with Crippen molar-refractivity contribution in [3.05, 3.63) is 35.4 Å². The number of hydrogen-bond acceptors (Lipinski definition) is 1. The summed E-state index contributed by atoms with van der Waals surface area (Å²) < 4.78 is 0. The minimum Gasteiger partial charge on any atom is -0.349 e. The lowest BCUT2D eigenvalue weighted by Crippen LogP contribution is -2.36. The van der Waals surface area contributed by atoms with Crippen LogP contribution in [0.5, 0.6) is 0 Å². The van der Waals surface area contributed by atoms with Crippen molar-refractivity contribution in [1.29, 1.82) is 0 Å². The third-order valence-corrected chi connectivity index (χ3v) is 2.67. The average Bonchev–Trinajstić information content (AvgIpc) is 2.18.